The van der Waals surface area contributed by atoms with Crippen molar-refractivity contribution < 1.29 is 9.59 Å². The van der Waals surface area contributed by atoms with Gasteiger partial charge in [-0.05, 0) is 36.8 Å². The van der Waals surface area contributed by atoms with E-state index >= 15 is 0 Å². The highest BCUT2D eigenvalue weighted by Crippen LogP contribution is 2.20. The number of pyridine rings is 1. The van der Waals surface area contributed by atoms with Crippen molar-refractivity contribution >= 4 is 23.3 Å². The van der Waals surface area contributed by atoms with Crippen molar-refractivity contribution in [1.82, 2.24) is 15.2 Å². The molecule has 2 aromatic rings. The molecule has 0 spiro atoms. The van der Waals surface area contributed by atoms with Crippen molar-refractivity contribution in [1.29, 1.82) is 0 Å². The van der Waals surface area contributed by atoms with Crippen LogP contribution in [0.25, 0.3) is 0 Å². The zero-order chi connectivity index (χ0) is 18.5. The van der Waals surface area contributed by atoms with Gasteiger partial charge in [0.15, 0.2) is 0 Å². The Kier molecular flexibility index (Phi) is 5.36. The SMILES string of the molecule is CNC(=O)c1cccc(NC(=O)N2CCN(c3ccncc3)CC2)c1C. The van der Waals surface area contributed by atoms with Crippen LogP contribution in [0.3, 0.4) is 0 Å². The average Bonchev–Trinajstić information content (AvgIpc) is 2.69. The third-order valence-electron chi connectivity index (χ3n) is 4.64. The fourth-order valence-corrected chi connectivity index (χ4v) is 3.07. The molecule has 26 heavy (non-hydrogen) atoms. The summed E-state index contributed by atoms with van der Waals surface area (Å²) in [5.41, 5.74) is 3.10. The van der Waals surface area contributed by atoms with Crippen LogP contribution in [-0.2, 0) is 0 Å². The fraction of sp³-hybridized carbons (Fsp3) is 0.316. The minimum Gasteiger partial charge on any atom is -0.368 e. The monoisotopic (exact) mass is 353 g/mol. The molecule has 0 atom stereocenters. The predicted octanol–water partition coefficient (Wildman–Crippen LogP) is 2.10. The number of anilines is 2. The summed E-state index contributed by atoms with van der Waals surface area (Å²) in [5.74, 6) is -0.162. The second-order valence-electron chi connectivity index (χ2n) is 6.17. The second kappa shape index (κ2) is 7.86. The summed E-state index contributed by atoms with van der Waals surface area (Å²) in [6.07, 6.45) is 3.55. The van der Waals surface area contributed by atoms with E-state index in [-0.39, 0.29) is 11.9 Å². The van der Waals surface area contributed by atoms with Crippen molar-refractivity contribution in [3.05, 3.63) is 53.9 Å². The van der Waals surface area contributed by atoms with Crippen LogP contribution in [0.15, 0.2) is 42.7 Å². The Morgan fingerprint density at radius 1 is 1.04 bits per heavy atom. The lowest BCUT2D eigenvalue weighted by Gasteiger charge is -2.36. The second-order valence-corrected chi connectivity index (χ2v) is 6.17. The maximum absolute atomic E-state index is 12.6. The molecule has 1 aliphatic heterocycles. The van der Waals surface area contributed by atoms with Crippen LogP contribution in [0, 0.1) is 6.92 Å². The Labute approximate surface area is 153 Å². The quantitative estimate of drug-likeness (QED) is 0.886. The zero-order valence-corrected chi connectivity index (χ0v) is 15.0. The van der Waals surface area contributed by atoms with Gasteiger partial charge in [-0.3, -0.25) is 9.78 Å². The molecule has 136 valence electrons. The van der Waals surface area contributed by atoms with E-state index in [4.69, 9.17) is 0 Å². The lowest BCUT2D eigenvalue weighted by atomic mass is 10.1. The molecule has 3 amide bonds. The summed E-state index contributed by atoms with van der Waals surface area (Å²) in [7, 11) is 1.59. The Hall–Kier alpha value is -3.09. The maximum Gasteiger partial charge on any atom is 0.321 e. The molecule has 0 unspecified atom stereocenters. The molecular weight excluding hydrogens is 330 g/mol. The summed E-state index contributed by atoms with van der Waals surface area (Å²) in [4.78, 5) is 32.6. The van der Waals surface area contributed by atoms with Crippen LogP contribution in [0.1, 0.15) is 15.9 Å². The van der Waals surface area contributed by atoms with Crippen molar-refractivity contribution in [3.8, 4) is 0 Å². The molecule has 1 aromatic carbocycles. The van der Waals surface area contributed by atoms with Gasteiger partial charge < -0.3 is 20.4 Å². The number of hydrogen-bond donors (Lipinski definition) is 2. The topological polar surface area (TPSA) is 77.6 Å². The average molecular weight is 353 g/mol. The molecule has 2 N–H and O–H groups in total. The first-order valence-electron chi connectivity index (χ1n) is 8.62. The molecule has 0 saturated carbocycles. The summed E-state index contributed by atoms with van der Waals surface area (Å²) in [6, 6.07) is 9.14. The Morgan fingerprint density at radius 3 is 2.38 bits per heavy atom. The smallest absolute Gasteiger partial charge is 0.321 e. The predicted molar refractivity (Wildman–Crippen MR) is 102 cm³/mol. The van der Waals surface area contributed by atoms with Gasteiger partial charge in [-0.25, -0.2) is 4.79 Å². The van der Waals surface area contributed by atoms with Crippen molar-refractivity contribution in [3.63, 3.8) is 0 Å². The molecule has 1 fully saturated rings. The first kappa shape index (κ1) is 17.7. The number of amides is 3. The highest BCUT2D eigenvalue weighted by molar-refractivity contribution is 5.99. The summed E-state index contributed by atoms with van der Waals surface area (Å²) in [6.45, 7) is 4.66. The lowest BCUT2D eigenvalue weighted by molar-refractivity contribution is 0.0962. The van der Waals surface area contributed by atoms with Gasteiger partial charge in [0.1, 0.15) is 0 Å². The number of hydrogen-bond acceptors (Lipinski definition) is 4. The van der Waals surface area contributed by atoms with E-state index in [0.29, 0.717) is 24.3 Å². The largest absolute Gasteiger partial charge is 0.368 e. The van der Waals surface area contributed by atoms with Crippen LogP contribution in [-0.4, -0.2) is 55.0 Å². The highest BCUT2D eigenvalue weighted by atomic mass is 16.2. The van der Waals surface area contributed by atoms with E-state index in [1.165, 1.54) is 0 Å². The minimum atomic E-state index is -0.162. The molecule has 2 heterocycles. The molecule has 3 rings (SSSR count). The van der Waals surface area contributed by atoms with Crippen LogP contribution >= 0.6 is 0 Å². The Morgan fingerprint density at radius 2 is 1.73 bits per heavy atom. The first-order chi connectivity index (χ1) is 12.6. The number of nitrogens with one attached hydrogen (secondary N) is 2. The van der Waals surface area contributed by atoms with Gasteiger partial charge in [0.05, 0.1) is 0 Å². The van der Waals surface area contributed by atoms with Crippen LogP contribution < -0.4 is 15.5 Å². The number of carbonyl (C=O) groups excluding carboxylic acids is 2. The number of rotatable bonds is 3. The molecule has 1 aromatic heterocycles. The molecule has 0 bridgehead atoms. The fourth-order valence-electron chi connectivity index (χ4n) is 3.07. The van der Waals surface area contributed by atoms with Crippen LogP contribution in [0.2, 0.25) is 0 Å². The number of nitrogens with zero attached hydrogens (tertiary/aromatic N) is 3. The number of piperazine rings is 1. The van der Waals surface area contributed by atoms with E-state index in [1.54, 1.807) is 36.5 Å². The van der Waals surface area contributed by atoms with Crippen LogP contribution in [0.5, 0.6) is 0 Å². The normalized spacial score (nSPS) is 14.1. The highest BCUT2D eigenvalue weighted by Gasteiger charge is 2.22. The van der Waals surface area contributed by atoms with Gasteiger partial charge >= 0.3 is 6.03 Å². The Balaban J connectivity index is 1.62. The van der Waals surface area contributed by atoms with Crippen LogP contribution in [0.4, 0.5) is 16.2 Å². The maximum atomic E-state index is 12.6. The van der Waals surface area contributed by atoms with Gasteiger partial charge in [-0.15, -0.1) is 0 Å². The van der Waals surface area contributed by atoms with E-state index in [1.807, 2.05) is 25.1 Å². The molecule has 1 saturated heterocycles. The summed E-state index contributed by atoms with van der Waals surface area (Å²) in [5, 5.41) is 5.55. The third kappa shape index (κ3) is 3.77. The summed E-state index contributed by atoms with van der Waals surface area (Å²) < 4.78 is 0. The Bertz CT molecular complexity index is 786. The molecule has 7 heteroatoms. The standard InChI is InChI=1S/C19H23N5O2/c1-14-16(18(25)20-2)4-3-5-17(14)22-19(26)24-12-10-23(11-13-24)15-6-8-21-9-7-15/h3-9H,10-13H2,1-2H3,(H,20,25)(H,22,26). The molecular formula is C19H23N5O2. The first-order valence-corrected chi connectivity index (χ1v) is 8.62. The minimum absolute atomic E-state index is 0.142. The van der Waals surface area contributed by atoms with Gasteiger partial charge in [-0.1, -0.05) is 6.07 Å². The van der Waals surface area contributed by atoms with Gasteiger partial charge in [0, 0.05) is 62.6 Å². The van der Waals surface area contributed by atoms with Gasteiger partial charge in [-0.2, -0.15) is 0 Å². The van der Waals surface area contributed by atoms with E-state index < -0.39 is 0 Å². The molecule has 7 nitrogen and oxygen atoms in total. The lowest BCUT2D eigenvalue weighted by Crippen LogP contribution is -2.50. The third-order valence-corrected chi connectivity index (χ3v) is 4.64. The summed E-state index contributed by atoms with van der Waals surface area (Å²) >= 11 is 0. The number of carbonyl (C=O) groups is 2. The van der Waals surface area contributed by atoms with Crippen molar-refractivity contribution in [2.75, 3.05) is 43.4 Å². The van der Waals surface area contributed by atoms with Crippen molar-refractivity contribution in [2.45, 2.75) is 6.92 Å². The molecule has 1 aliphatic rings. The molecule has 0 radical (unpaired) electrons. The zero-order valence-electron chi connectivity index (χ0n) is 15.0. The number of benzene rings is 1. The van der Waals surface area contributed by atoms with Gasteiger partial charge in [0.25, 0.3) is 5.91 Å². The molecule has 0 aliphatic carbocycles. The van der Waals surface area contributed by atoms with E-state index in [2.05, 4.69) is 20.5 Å². The number of urea groups is 1. The van der Waals surface area contributed by atoms with Crippen molar-refractivity contribution in [2.24, 2.45) is 0 Å². The number of aromatic nitrogens is 1. The van der Waals surface area contributed by atoms with E-state index in [0.717, 1.165) is 24.3 Å². The van der Waals surface area contributed by atoms with Gasteiger partial charge in [0.2, 0.25) is 0 Å². The van der Waals surface area contributed by atoms with E-state index in [9.17, 15) is 9.59 Å².